The number of hydrogen-bond donors (Lipinski definition) is 0. The molecule has 0 radical (unpaired) electrons. The Morgan fingerprint density at radius 2 is 1.97 bits per heavy atom. The first kappa shape index (κ1) is 22.9. The van der Waals surface area contributed by atoms with Crippen molar-refractivity contribution in [1.82, 2.24) is 9.97 Å². The van der Waals surface area contributed by atoms with E-state index in [1.54, 1.807) is 18.9 Å². The molecule has 0 bridgehead atoms. The van der Waals surface area contributed by atoms with E-state index in [9.17, 15) is 9.59 Å². The number of fused-ring (bicyclic) bond motifs is 2. The van der Waals surface area contributed by atoms with Crippen LogP contribution in [0.2, 0.25) is 0 Å². The molecule has 0 atom stereocenters. The lowest BCUT2D eigenvalue weighted by Crippen LogP contribution is -2.34. The van der Waals surface area contributed by atoms with E-state index in [4.69, 9.17) is 4.74 Å². The van der Waals surface area contributed by atoms with Gasteiger partial charge in [-0.2, -0.15) is 0 Å². The molecule has 0 aliphatic carbocycles. The summed E-state index contributed by atoms with van der Waals surface area (Å²) in [7, 11) is 1.77. The number of nitrogens with zero attached hydrogens (tertiary/aromatic N) is 4. The van der Waals surface area contributed by atoms with Gasteiger partial charge in [0.25, 0.3) is 5.91 Å². The van der Waals surface area contributed by atoms with E-state index < -0.39 is 5.97 Å². The summed E-state index contributed by atoms with van der Waals surface area (Å²) in [6, 6.07) is 13.8. The minimum Gasteiger partial charge on any atom is -0.461 e. The molecule has 0 saturated carbocycles. The highest BCUT2D eigenvalue weighted by Crippen LogP contribution is 2.35. The van der Waals surface area contributed by atoms with Gasteiger partial charge in [-0.1, -0.05) is 46.9 Å². The Bertz CT molecular complexity index is 1370. The second-order valence-corrected chi connectivity index (χ2v) is 11.1. The van der Waals surface area contributed by atoms with Gasteiger partial charge in [0, 0.05) is 25.7 Å². The fourth-order valence-electron chi connectivity index (χ4n) is 3.97. The molecule has 5 rings (SSSR count). The van der Waals surface area contributed by atoms with Gasteiger partial charge in [-0.25, -0.2) is 14.8 Å². The van der Waals surface area contributed by atoms with Gasteiger partial charge in [0.15, 0.2) is 16.0 Å². The molecule has 0 fully saturated rings. The molecule has 2 aromatic carbocycles. The topological polar surface area (TPSA) is 75.6 Å². The van der Waals surface area contributed by atoms with Crippen molar-refractivity contribution in [2.75, 3.05) is 30.0 Å². The predicted octanol–water partition coefficient (Wildman–Crippen LogP) is 5.53. The van der Waals surface area contributed by atoms with E-state index in [1.807, 2.05) is 36.4 Å². The van der Waals surface area contributed by atoms with E-state index >= 15 is 0 Å². The van der Waals surface area contributed by atoms with Crippen molar-refractivity contribution in [1.29, 1.82) is 0 Å². The minimum atomic E-state index is -0.442. The van der Waals surface area contributed by atoms with Crippen LogP contribution >= 0.6 is 38.6 Å². The number of para-hydroxylation sites is 1. The molecule has 7 nitrogen and oxygen atoms in total. The molecule has 1 amide bonds. The van der Waals surface area contributed by atoms with Crippen LogP contribution in [0.15, 0.2) is 46.3 Å². The third-order valence-corrected chi connectivity index (χ3v) is 8.57. The molecule has 0 saturated heterocycles. The first-order chi connectivity index (χ1) is 16.5. The summed E-state index contributed by atoms with van der Waals surface area (Å²) in [5, 5.41) is 1.39. The molecule has 10 heteroatoms. The van der Waals surface area contributed by atoms with Gasteiger partial charge in [-0.3, -0.25) is 9.69 Å². The molecular weight excluding hydrogens is 536 g/mol. The number of benzene rings is 2. The van der Waals surface area contributed by atoms with Crippen molar-refractivity contribution in [2.24, 2.45) is 0 Å². The zero-order valence-electron chi connectivity index (χ0n) is 18.6. The maximum atomic E-state index is 13.5. The molecule has 0 spiro atoms. The van der Waals surface area contributed by atoms with Gasteiger partial charge >= 0.3 is 5.97 Å². The lowest BCUT2D eigenvalue weighted by molar-refractivity contribution is 0.0519. The van der Waals surface area contributed by atoms with Crippen molar-refractivity contribution in [3.63, 3.8) is 0 Å². The van der Waals surface area contributed by atoms with Crippen LogP contribution < -0.4 is 9.80 Å². The summed E-state index contributed by atoms with van der Waals surface area (Å²) in [4.78, 5) is 38.6. The summed E-state index contributed by atoms with van der Waals surface area (Å²) in [5.74, 6) is -0.534. The fourth-order valence-corrected chi connectivity index (χ4v) is 6.39. The largest absolute Gasteiger partial charge is 0.461 e. The molecule has 0 unspecified atom stereocenters. The van der Waals surface area contributed by atoms with Crippen LogP contribution in [-0.4, -0.2) is 42.0 Å². The highest BCUT2D eigenvalue weighted by Gasteiger charge is 2.28. The molecule has 3 heterocycles. The Labute approximate surface area is 213 Å². The van der Waals surface area contributed by atoms with Crippen LogP contribution in [0.5, 0.6) is 0 Å². The third-order valence-electron chi connectivity index (χ3n) is 5.69. The number of hydrogen-bond acceptors (Lipinski definition) is 8. The van der Waals surface area contributed by atoms with E-state index in [0.717, 1.165) is 39.4 Å². The Morgan fingerprint density at radius 3 is 2.76 bits per heavy atom. The Kier molecular flexibility index (Phi) is 6.37. The van der Waals surface area contributed by atoms with Gasteiger partial charge in [0.1, 0.15) is 3.79 Å². The summed E-state index contributed by atoms with van der Waals surface area (Å²) in [6.07, 6.45) is 0.785. The van der Waals surface area contributed by atoms with Gasteiger partial charge in [0.2, 0.25) is 0 Å². The highest BCUT2D eigenvalue weighted by atomic mass is 79.9. The van der Waals surface area contributed by atoms with Gasteiger partial charge in [0.05, 0.1) is 16.8 Å². The van der Waals surface area contributed by atoms with Crippen LogP contribution in [0.25, 0.3) is 10.2 Å². The SMILES string of the molecule is CCOC(=O)c1nc(N2CCc3cccc(C(=O)N(C)c4nc5ccccc5s4)c3C2)sc1Br. The van der Waals surface area contributed by atoms with Crippen LogP contribution in [0.1, 0.15) is 38.9 Å². The maximum Gasteiger partial charge on any atom is 0.359 e. The van der Waals surface area contributed by atoms with Crippen molar-refractivity contribution in [3.8, 4) is 0 Å². The van der Waals surface area contributed by atoms with Crippen molar-refractivity contribution >= 4 is 71.0 Å². The van der Waals surface area contributed by atoms with Crippen molar-refractivity contribution in [3.05, 3.63) is 68.6 Å². The fraction of sp³-hybridized carbons (Fsp3) is 0.250. The number of carbonyl (C=O) groups excluding carboxylic acids is 2. The van der Waals surface area contributed by atoms with Crippen LogP contribution in [0.3, 0.4) is 0 Å². The summed E-state index contributed by atoms with van der Waals surface area (Å²) in [6.45, 7) is 3.35. The maximum absolute atomic E-state index is 13.5. The number of ether oxygens (including phenoxy) is 1. The predicted molar refractivity (Wildman–Crippen MR) is 139 cm³/mol. The average molecular weight is 557 g/mol. The Balaban J connectivity index is 1.43. The number of aromatic nitrogens is 2. The molecule has 4 aromatic rings. The van der Waals surface area contributed by atoms with Crippen molar-refractivity contribution < 1.29 is 14.3 Å². The third kappa shape index (κ3) is 4.21. The molecule has 34 heavy (non-hydrogen) atoms. The first-order valence-corrected chi connectivity index (χ1v) is 13.2. The minimum absolute atomic E-state index is 0.0923. The monoisotopic (exact) mass is 556 g/mol. The number of rotatable bonds is 5. The zero-order valence-corrected chi connectivity index (χ0v) is 21.8. The normalized spacial score (nSPS) is 13.1. The highest BCUT2D eigenvalue weighted by molar-refractivity contribution is 9.11. The zero-order chi connectivity index (χ0) is 23.8. The average Bonchev–Trinajstić information content (AvgIpc) is 3.46. The van der Waals surface area contributed by atoms with Crippen LogP contribution in [0.4, 0.5) is 10.3 Å². The summed E-state index contributed by atoms with van der Waals surface area (Å²) < 4.78 is 6.80. The number of esters is 1. The Hall–Kier alpha value is -2.82. The second kappa shape index (κ2) is 9.44. The van der Waals surface area contributed by atoms with E-state index in [0.29, 0.717) is 27.6 Å². The Morgan fingerprint density at radius 1 is 1.15 bits per heavy atom. The molecular formula is C24H21BrN4O3S2. The van der Waals surface area contributed by atoms with Crippen molar-refractivity contribution in [2.45, 2.75) is 19.9 Å². The molecule has 174 valence electrons. The standard InChI is InChI=1S/C24H21BrN4O3S2/c1-3-32-22(31)19-20(25)34-24(27-19)29-12-11-14-7-6-8-15(16(14)13-29)21(30)28(2)23-26-17-9-4-5-10-18(17)33-23/h4-10H,3,11-13H2,1-2H3. The lowest BCUT2D eigenvalue weighted by atomic mass is 9.94. The molecule has 2 aromatic heterocycles. The van der Waals surface area contributed by atoms with E-state index in [-0.39, 0.29) is 11.6 Å². The second-order valence-electron chi connectivity index (χ2n) is 7.78. The number of thiazole rings is 2. The van der Waals surface area contributed by atoms with Gasteiger partial charge in [-0.05, 0) is 58.6 Å². The van der Waals surface area contributed by atoms with Crippen LogP contribution in [0, 0.1) is 0 Å². The summed E-state index contributed by atoms with van der Waals surface area (Å²) in [5.41, 5.74) is 3.96. The molecule has 1 aliphatic rings. The lowest BCUT2D eigenvalue weighted by Gasteiger charge is -2.30. The first-order valence-electron chi connectivity index (χ1n) is 10.8. The smallest absolute Gasteiger partial charge is 0.359 e. The molecule has 0 N–H and O–H groups in total. The van der Waals surface area contributed by atoms with Gasteiger partial charge in [-0.15, -0.1) is 0 Å². The number of amides is 1. The number of halogens is 1. The summed E-state index contributed by atoms with van der Waals surface area (Å²) >= 11 is 6.34. The van der Waals surface area contributed by atoms with Gasteiger partial charge < -0.3 is 9.64 Å². The van der Waals surface area contributed by atoms with Crippen LogP contribution in [-0.2, 0) is 17.7 Å². The quantitative estimate of drug-likeness (QED) is 0.301. The molecule has 1 aliphatic heterocycles. The van der Waals surface area contributed by atoms with E-state index in [2.05, 4.69) is 36.9 Å². The number of carbonyl (C=O) groups is 2. The number of anilines is 2. The van der Waals surface area contributed by atoms with E-state index in [1.165, 1.54) is 22.7 Å².